The van der Waals surface area contributed by atoms with Gasteiger partial charge in [0.25, 0.3) is 0 Å². The van der Waals surface area contributed by atoms with Crippen LogP contribution in [0.2, 0.25) is 0 Å². The molecule has 2 atom stereocenters. The van der Waals surface area contributed by atoms with Crippen molar-refractivity contribution in [3.63, 3.8) is 0 Å². The van der Waals surface area contributed by atoms with Gasteiger partial charge in [0.1, 0.15) is 5.78 Å². The normalized spacial score (nSPS) is 44.2. The van der Waals surface area contributed by atoms with E-state index in [1.54, 1.807) is 0 Å². The van der Waals surface area contributed by atoms with Crippen LogP contribution in [-0.2, 0) is 4.79 Å². The van der Waals surface area contributed by atoms with Gasteiger partial charge in [-0.25, -0.2) is 0 Å². The molecular weight excluding hydrogens is 196 g/mol. The van der Waals surface area contributed by atoms with Crippen molar-refractivity contribution in [3.05, 3.63) is 0 Å². The average Bonchev–Trinajstić information content (AvgIpc) is 2.93. The Hall–Kier alpha value is -0.330. The van der Waals surface area contributed by atoms with Gasteiger partial charge in [-0.1, -0.05) is 27.2 Å². The molecule has 0 saturated heterocycles. The van der Waals surface area contributed by atoms with E-state index in [4.69, 9.17) is 0 Å². The molecule has 3 fully saturated rings. The molecule has 3 aliphatic carbocycles. The summed E-state index contributed by atoms with van der Waals surface area (Å²) in [6.45, 7) is 7.14. The van der Waals surface area contributed by atoms with Crippen molar-refractivity contribution in [2.24, 2.45) is 22.2 Å². The third-order valence-electron chi connectivity index (χ3n) is 5.94. The molecule has 2 spiro atoms. The summed E-state index contributed by atoms with van der Waals surface area (Å²) in [7, 11) is 0. The van der Waals surface area contributed by atoms with Crippen LogP contribution >= 0.6 is 0 Å². The van der Waals surface area contributed by atoms with Crippen LogP contribution in [0.5, 0.6) is 0 Å². The van der Waals surface area contributed by atoms with E-state index < -0.39 is 0 Å². The largest absolute Gasteiger partial charge is 0.299 e. The highest BCUT2D eigenvalue weighted by molar-refractivity contribution is 5.91. The third kappa shape index (κ3) is 1.15. The number of ketones is 1. The van der Waals surface area contributed by atoms with Gasteiger partial charge in [-0.05, 0) is 48.9 Å². The predicted octanol–water partition coefficient (Wildman–Crippen LogP) is 3.96. The number of fused-ring (bicyclic) bond motifs is 1. The fourth-order valence-corrected chi connectivity index (χ4v) is 5.06. The van der Waals surface area contributed by atoms with Gasteiger partial charge in [0.2, 0.25) is 0 Å². The maximum atomic E-state index is 12.3. The van der Waals surface area contributed by atoms with Crippen molar-refractivity contribution in [2.45, 2.75) is 65.7 Å². The molecule has 0 aliphatic heterocycles. The zero-order valence-electron chi connectivity index (χ0n) is 10.9. The summed E-state index contributed by atoms with van der Waals surface area (Å²) < 4.78 is 0. The minimum Gasteiger partial charge on any atom is -0.299 e. The summed E-state index contributed by atoms with van der Waals surface area (Å²) in [5.41, 5.74) is 1.02. The Morgan fingerprint density at radius 3 is 2.38 bits per heavy atom. The predicted molar refractivity (Wildman–Crippen MR) is 65.1 cm³/mol. The zero-order chi connectivity index (χ0) is 11.6. The quantitative estimate of drug-likeness (QED) is 0.604. The molecule has 16 heavy (non-hydrogen) atoms. The number of hydrogen-bond acceptors (Lipinski definition) is 1. The van der Waals surface area contributed by atoms with E-state index in [9.17, 15) is 4.79 Å². The minimum atomic E-state index is 0.157. The smallest absolute Gasteiger partial charge is 0.139 e. The lowest BCUT2D eigenvalue weighted by Gasteiger charge is -2.49. The number of carbonyl (C=O) groups is 1. The van der Waals surface area contributed by atoms with E-state index in [1.165, 1.54) is 38.5 Å². The standard InChI is InChI=1S/C15H24O/c1-11-9-12(16)14(7-8-14)15(11)6-4-5-13(2,3)10-15/h11H,4-10H2,1-3H3. The van der Waals surface area contributed by atoms with Crippen molar-refractivity contribution in [3.8, 4) is 0 Å². The first-order chi connectivity index (χ1) is 7.42. The van der Waals surface area contributed by atoms with Gasteiger partial charge in [-0.15, -0.1) is 0 Å². The fourth-order valence-electron chi connectivity index (χ4n) is 5.06. The Morgan fingerprint density at radius 2 is 1.81 bits per heavy atom. The third-order valence-corrected chi connectivity index (χ3v) is 5.94. The molecule has 1 heteroatoms. The van der Waals surface area contributed by atoms with E-state index in [-0.39, 0.29) is 5.41 Å². The van der Waals surface area contributed by atoms with Crippen LogP contribution in [0.1, 0.15) is 65.7 Å². The lowest BCUT2D eigenvalue weighted by Crippen LogP contribution is -2.41. The monoisotopic (exact) mass is 220 g/mol. The molecule has 0 heterocycles. The van der Waals surface area contributed by atoms with E-state index in [2.05, 4.69) is 20.8 Å². The van der Waals surface area contributed by atoms with Crippen LogP contribution < -0.4 is 0 Å². The number of hydrogen-bond donors (Lipinski definition) is 0. The highest BCUT2D eigenvalue weighted by atomic mass is 16.1. The molecule has 3 saturated carbocycles. The van der Waals surface area contributed by atoms with Gasteiger partial charge in [0, 0.05) is 11.8 Å². The van der Waals surface area contributed by atoms with E-state index >= 15 is 0 Å². The average molecular weight is 220 g/mol. The Morgan fingerprint density at radius 1 is 1.12 bits per heavy atom. The van der Waals surface area contributed by atoms with Gasteiger partial charge < -0.3 is 0 Å². The Bertz CT molecular complexity index is 337. The molecule has 1 nitrogen and oxygen atoms in total. The lowest BCUT2D eigenvalue weighted by atomic mass is 9.55. The molecule has 0 aromatic heterocycles. The van der Waals surface area contributed by atoms with Gasteiger partial charge >= 0.3 is 0 Å². The van der Waals surface area contributed by atoms with Crippen molar-refractivity contribution in [2.75, 3.05) is 0 Å². The van der Waals surface area contributed by atoms with E-state index in [1.807, 2.05) is 0 Å². The van der Waals surface area contributed by atoms with Gasteiger partial charge in [0.15, 0.2) is 0 Å². The lowest BCUT2D eigenvalue weighted by molar-refractivity contribution is -0.125. The molecule has 0 aromatic rings. The second-order valence-corrected chi connectivity index (χ2v) is 7.46. The van der Waals surface area contributed by atoms with Gasteiger partial charge in [-0.2, -0.15) is 0 Å². The molecule has 3 rings (SSSR count). The summed E-state index contributed by atoms with van der Waals surface area (Å²) in [5, 5.41) is 0. The Kier molecular flexibility index (Phi) is 1.97. The van der Waals surface area contributed by atoms with Gasteiger partial charge in [0.05, 0.1) is 0 Å². The molecule has 0 bridgehead atoms. The zero-order valence-corrected chi connectivity index (χ0v) is 10.9. The first-order valence-corrected chi connectivity index (χ1v) is 6.95. The maximum absolute atomic E-state index is 12.3. The molecule has 0 aromatic carbocycles. The second-order valence-electron chi connectivity index (χ2n) is 7.46. The summed E-state index contributed by atoms with van der Waals surface area (Å²) >= 11 is 0. The maximum Gasteiger partial charge on any atom is 0.139 e. The Balaban J connectivity index is 2.00. The van der Waals surface area contributed by atoms with Crippen LogP contribution in [0, 0.1) is 22.2 Å². The van der Waals surface area contributed by atoms with Crippen molar-refractivity contribution in [1.82, 2.24) is 0 Å². The molecule has 90 valence electrons. The van der Waals surface area contributed by atoms with Crippen LogP contribution in [-0.4, -0.2) is 5.78 Å². The number of rotatable bonds is 0. The molecule has 0 radical (unpaired) electrons. The first kappa shape index (κ1) is 10.8. The van der Waals surface area contributed by atoms with Crippen LogP contribution in [0.25, 0.3) is 0 Å². The molecule has 3 aliphatic rings. The minimum absolute atomic E-state index is 0.157. The van der Waals surface area contributed by atoms with Crippen LogP contribution in [0.4, 0.5) is 0 Å². The van der Waals surface area contributed by atoms with Crippen molar-refractivity contribution >= 4 is 5.78 Å². The first-order valence-electron chi connectivity index (χ1n) is 6.95. The summed E-state index contributed by atoms with van der Waals surface area (Å²) in [6.07, 6.45) is 8.59. The molecule has 0 amide bonds. The molecular formula is C15H24O. The van der Waals surface area contributed by atoms with E-state index in [0.717, 1.165) is 6.42 Å². The van der Waals surface area contributed by atoms with E-state index in [0.29, 0.717) is 22.5 Å². The van der Waals surface area contributed by atoms with Crippen LogP contribution in [0.3, 0.4) is 0 Å². The highest BCUT2D eigenvalue weighted by Crippen LogP contribution is 2.73. The topological polar surface area (TPSA) is 17.1 Å². The highest BCUT2D eigenvalue weighted by Gasteiger charge is 2.70. The molecule has 2 unspecified atom stereocenters. The van der Waals surface area contributed by atoms with Gasteiger partial charge in [-0.3, -0.25) is 4.79 Å². The van der Waals surface area contributed by atoms with Crippen LogP contribution in [0.15, 0.2) is 0 Å². The second kappa shape index (κ2) is 2.91. The Labute approximate surface area is 99.0 Å². The number of carbonyl (C=O) groups excluding carboxylic acids is 1. The summed E-state index contributed by atoms with van der Waals surface area (Å²) in [5.74, 6) is 1.25. The van der Waals surface area contributed by atoms with Crippen molar-refractivity contribution < 1.29 is 4.79 Å². The SMILES string of the molecule is CC1CC(=O)C2(CC2)C12CCCC(C)(C)C2. The molecule has 0 N–H and O–H groups in total. The fraction of sp³-hybridized carbons (Fsp3) is 0.933. The van der Waals surface area contributed by atoms with Crippen molar-refractivity contribution in [1.29, 1.82) is 0 Å². The number of Topliss-reactive ketones (excluding diaryl/α,β-unsaturated/α-hetero) is 1. The summed E-state index contributed by atoms with van der Waals surface area (Å²) in [6, 6.07) is 0. The summed E-state index contributed by atoms with van der Waals surface area (Å²) in [4.78, 5) is 12.3.